The van der Waals surface area contributed by atoms with Crippen molar-refractivity contribution in [2.45, 2.75) is 25.3 Å². The van der Waals surface area contributed by atoms with Gasteiger partial charge in [0.05, 0.1) is 24.5 Å². The first-order valence-electron chi connectivity index (χ1n) is 7.70. The normalized spacial score (nSPS) is 22.0. The summed E-state index contributed by atoms with van der Waals surface area (Å²) in [5.74, 6) is 1.23. The van der Waals surface area contributed by atoms with Crippen LogP contribution in [0, 0.1) is 0 Å². The van der Waals surface area contributed by atoms with Gasteiger partial charge in [0.1, 0.15) is 5.82 Å². The summed E-state index contributed by atoms with van der Waals surface area (Å²) < 4.78 is 7.37. The Morgan fingerprint density at radius 1 is 1.38 bits per heavy atom. The van der Waals surface area contributed by atoms with Gasteiger partial charge >= 0.3 is 0 Å². The van der Waals surface area contributed by atoms with E-state index in [1.807, 2.05) is 16.8 Å². The smallest absolute Gasteiger partial charge is 0.157 e. The lowest BCUT2D eigenvalue weighted by Crippen LogP contribution is -2.51. The number of aromatic nitrogens is 3. The highest BCUT2D eigenvalue weighted by Gasteiger charge is 2.33. The monoisotopic (exact) mass is 287 g/mol. The highest BCUT2D eigenvalue weighted by atomic mass is 16.5. The third-order valence-electron chi connectivity index (χ3n) is 4.56. The molecule has 0 amide bonds. The topological polar surface area (TPSA) is 54.7 Å². The highest BCUT2D eigenvalue weighted by molar-refractivity contribution is 5.59. The van der Waals surface area contributed by atoms with Crippen molar-refractivity contribution in [2.24, 2.45) is 0 Å². The molecule has 0 saturated carbocycles. The van der Waals surface area contributed by atoms with Crippen LogP contribution in [0.25, 0.3) is 5.65 Å². The van der Waals surface area contributed by atoms with Crippen LogP contribution in [-0.4, -0.2) is 54.0 Å². The van der Waals surface area contributed by atoms with Crippen LogP contribution < -0.4 is 10.2 Å². The number of nitrogens with one attached hydrogen (secondary N) is 1. The number of anilines is 1. The average molecular weight is 287 g/mol. The second-order valence-electron chi connectivity index (χ2n) is 5.80. The maximum Gasteiger partial charge on any atom is 0.157 e. The number of fused-ring (bicyclic) bond motifs is 2. The molecule has 2 aromatic heterocycles. The molecule has 4 rings (SSSR count). The van der Waals surface area contributed by atoms with Crippen molar-refractivity contribution in [1.29, 1.82) is 0 Å². The molecule has 1 saturated heterocycles. The molecule has 1 unspecified atom stereocenters. The average Bonchev–Trinajstić information content (AvgIpc) is 2.80. The Morgan fingerprint density at radius 2 is 2.29 bits per heavy atom. The molecular weight excluding hydrogens is 266 g/mol. The van der Waals surface area contributed by atoms with Crippen molar-refractivity contribution < 1.29 is 4.74 Å². The Kier molecular flexibility index (Phi) is 3.27. The molecule has 1 N–H and O–H groups in total. The lowest BCUT2D eigenvalue weighted by molar-refractivity contribution is 0.156. The van der Waals surface area contributed by atoms with Gasteiger partial charge in [-0.3, -0.25) is 0 Å². The first-order valence-corrected chi connectivity index (χ1v) is 7.70. The Balaban J connectivity index is 1.85. The van der Waals surface area contributed by atoms with E-state index in [-0.39, 0.29) is 0 Å². The number of hydrogen-bond acceptors (Lipinski definition) is 5. The second kappa shape index (κ2) is 5.27. The number of methoxy groups -OCH3 is 1. The SMILES string of the molecule is COCC1CCN1c1c2c(nc3ccnn13)CCNCC2. The molecule has 0 aliphatic carbocycles. The summed E-state index contributed by atoms with van der Waals surface area (Å²) in [5, 5.41) is 7.97. The third kappa shape index (κ3) is 2.10. The van der Waals surface area contributed by atoms with Gasteiger partial charge in [-0.05, 0) is 19.4 Å². The summed E-state index contributed by atoms with van der Waals surface area (Å²) >= 11 is 0. The van der Waals surface area contributed by atoms with Crippen LogP contribution >= 0.6 is 0 Å². The van der Waals surface area contributed by atoms with Crippen LogP contribution in [0.3, 0.4) is 0 Å². The van der Waals surface area contributed by atoms with Crippen molar-refractivity contribution >= 4 is 11.5 Å². The molecule has 0 bridgehead atoms. The van der Waals surface area contributed by atoms with Gasteiger partial charge in [-0.1, -0.05) is 0 Å². The van der Waals surface area contributed by atoms with E-state index in [9.17, 15) is 0 Å². The first kappa shape index (κ1) is 13.0. The summed E-state index contributed by atoms with van der Waals surface area (Å²) in [4.78, 5) is 7.25. The molecule has 21 heavy (non-hydrogen) atoms. The van der Waals surface area contributed by atoms with Crippen LogP contribution in [0.15, 0.2) is 12.3 Å². The minimum absolute atomic E-state index is 0.463. The van der Waals surface area contributed by atoms with Gasteiger partial charge < -0.3 is 15.0 Å². The zero-order chi connectivity index (χ0) is 14.2. The summed E-state index contributed by atoms with van der Waals surface area (Å²) in [5.41, 5.74) is 3.54. The van der Waals surface area contributed by atoms with E-state index in [4.69, 9.17) is 9.72 Å². The summed E-state index contributed by atoms with van der Waals surface area (Å²) in [6.07, 6.45) is 5.04. The van der Waals surface area contributed by atoms with E-state index in [1.54, 1.807) is 7.11 Å². The van der Waals surface area contributed by atoms with Gasteiger partial charge in [0, 0.05) is 38.2 Å². The van der Waals surface area contributed by atoms with E-state index in [0.29, 0.717) is 6.04 Å². The molecule has 1 fully saturated rings. The number of rotatable bonds is 3. The predicted molar refractivity (Wildman–Crippen MR) is 80.9 cm³/mol. The molecule has 2 aromatic rings. The zero-order valence-corrected chi connectivity index (χ0v) is 12.4. The van der Waals surface area contributed by atoms with E-state index >= 15 is 0 Å². The number of ether oxygens (including phenoxy) is 1. The van der Waals surface area contributed by atoms with Crippen molar-refractivity contribution in [3.8, 4) is 0 Å². The van der Waals surface area contributed by atoms with Gasteiger partial charge in [-0.25, -0.2) is 4.98 Å². The molecular formula is C15H21N5O. The maximum atomic E-state index is 5.36. The van der Waals surface area contributed by atoms with Crippen molar-refractivity contribution in [3.05, 3.63) is 23.5 Å². The Labute approximate surface area is 124 Å². The lowest BCUT2D eigenvalue weighted by atomic mass is 10.0. The van der Waals surface area contributed by atoms with Crippen molar-refractivity contribution in [3.63, 3.8) is 0 Å². The minimum atomic E-state index is 0.463. The molecule has 112 valence electrons. The van der Waals surface area contributed by atoms with E-state index in [2.05, 4.69) is 15.3 Å². The van der Waals surface area contributed by atoms with E-state index < -0.39 is 0 Å². The molecule has 6 nitrogen and oxygen atoms in total. The van der Waals surface area contributed by atoms with E-state index in [0.717, 1.165) is 44.7 Å². The van der Waals surface area contributed by atoms with Gasteiger partial charge in [0.25, 0.3) is 0 Å². The van der Waals surface area contributed by atoms with Crippen LogP contribution in [0.2, 0.25) is 0 Å². The van der Waals surface area contributed by atoms with Gasteiger partial charge in [0.15, 0.2) is 5.65 Å². The standard InChI is InChI=1S/C15H21N5O/c1-21-10-11-5-9-19(11)15-12-2-6-16-7-3-13(12)18-14-4-8-17-20(14)15/h4,8,11,16H,2-3,5-7,9-10H2,1H3. The van der Waals surface area contributed by atoms with Gasteiger partial charge in [0.2, 0.25) is 0 Å². The number of nitrogens with zero attached hydrogens (tertiary/aromatic N) is 4. The molecule has 0 spiro atoms. The molecule has 2 aliphatic heterocycles. The Hall–Kier alpha value is -1.66. The molecule has 4 heterocycles. The lowest BCUT2D eigenvalue weighted by Gasteiger charge is -2.43. The predicted octanol–water partition coefficient (Wildman–Crippen LogP) is 0.643. The van der Waals surface area contributed by atoms with E-state index in [1.165, 1.54) is 23.5 Å². The Morgan fingerprint density at radius 3 is 3.10 bits per heavy atom. The molecule has 6 heteroatoms. The quantitative estimate of drug-likeness (QED) is 0.898. The van der Waals surface area contributed by atoms with Crippen molar-refractivity contribution in [2.75, 3.05) is 38.3 Å². The fraction of sp³-hybridized carbons (Fsp3) is 0.600. The highest BCUT2D eigenvalue weighted by Crippen LogP contribution is 2.32. The maximum absolute atomic E-state index is 5.36. The second-order valence-corrected chi connectivity index (χ2v) is 5.80. The molecule has 1 atom stereocenters. The van der Waals surface area contributed by atoms with Crippen LogP contribution in [0.4, 0.5) is 5.82 Å². The summed E-state index contributed by atoms with van der Waals surface area (Å²) in [6, 6.07) is 2.46. The molecule has 0 radical (unpaired) electrons. The Bertz CT molecular complexity index is 653. The fourth-order valence-corrected chi connectivity index (χ4v) is 3.40. The molecule has 2 aliphatic rings. The van der Waals surface area contributed by atoms with Gasteiger partial charge in [-0.15, -0.1) is 0 Å². The zero-order valence-electron chi connectivity index (χ0n) is 12.4. The van der Waals surface area contributed by atoms with Crippen LogP contribution in [-0.2, 0) is 17.6 Å². The van der Waals surface area contributed by atoms with Gasteiger partial charge in [-0.2, -0.15) is 9.61 Å². The minimum Gasteiger partial charge on any atom is -0.383 e. The largest absolute Gasteiger partial charge is 0.383 e. The van der Waals surface area contributed by atoms with Crippen LogP contribution in [0.5, 0.6) is 0 Å². The van der Waals surface area contributed by atoms with Crippen LogP contribution in [0.1, 0.15) is 17.7 Å². The fourth-order valence-electron chi connectivity index (χ4n) is 3.40. The molecule has 0 aromatic carbocycles. The summed E-state index contributed by atoms with van der Waals surface area (Å²) in [7, 11) is 1.77. The summed E-state index contributed by atoms with van der Waals surface area (Å²) in [6.45, 7) is 3.87. The third-order valence-corrected chi connectivity index (χ3v) is 4.56. The van der Waals surface area contributed by atoms with Crippen molar-refractivity contribution in [1.82, 2.24) is 19.9 Å². The first-order chi connectivity index (χ1) is 10.4. The number of hydrogen-bond donors (Lipinski definition) is 1.